The molecule has 1 saturated carbocycles. The number of nitrogens with zero attached hydrogens (tertiary/aromatic N) is 1. The van der Waals surface area contributed by atoms with Crippen molar-refractivity contribution in [2.24, 2.45) is 0 Å². The van der Waals surface area contributed by atoms with E-state index in [1.165, 1.54) is 19.3 Å². The maximum Gasteiger partial charge on any atom is 0.208 e. The lowest BCUT2D eigenvalue weighted by atomic mass is 9.93. The van der Waals surface area contributed by atoms with Crippen molar-refractivity contribution < 1.29 is 4.42 Å². The number of rotatable bonds is 3. The molecular weight excluding hydrogens is 152 g/mol. The number of hydrogen-bond donors (Lipinski definition) is 1. The van der Waals surface area contributed by atoms with Gasteiger partial charge in [-0.1, -0.05) is 6.42 Å². The highest BCUT2D eigenvalue weighted by Gasteiger charge is 2.16. The molecule has 3 heteroatoms. The largest absolute Gasteiger partial charge is 0.447 e. The van der Waals surface area contributed by atoms with E-state index in [1.807, 2.05) is 6.92 Å². The highest BCUT2D eigenvalue weighted by atomic mass is 16.3. The predicted molar refractivity (Wildman–Crippen MR) is 45.7 cm³/mol. The molecule has 0 saturated heterocycles. The van der Waals surface area contributed by atoms with E-state index >= 15 is 0 Å². The molecular formula is C9H14N2O. The van der Waals surface area contributed by atoms with E-state index in [4.69, 9.17) is 4.42 Å². The Kier molecular flexibility index (Phi) is 2.13. The Morgan fingerprint density at radius 2 is 2.50 bits per heavy atom. The molecule has 12 heavy (non-hydrogen) atoms. The highest BCUT2D eigenvalue weighted by Crippen LogP contribution is 2.18. The Hall–Kier alpha value is -0.830. The smallest absolute Gasteiger partial charge is 0.208 e. The summed E-state index contributed by atoms with van der Waals surface area (Å²) in [6.07, 6.45) is 5.67. The zero-order valence-electron chi connectivity index (χ0n) is 7.34. The van der Waals surface area contributed by atoms with Gasteiger partial charge in [-0.05, 0) is 19.8 Å². The second-order valence-corrected chi connectivity index (χ2v) is 3.39. The topological polar surface area (TPSA) is 38.1 Å². The summed E-state index contributed by atoms with van der Waals surface area (Å²) in [6, 6.07) is 0.706. The van der Waals surface area contributed by atoms with Gasteiger partial charge in [0, 0.05) is 6.04 Å². The van der Waals surface area contributed by atoms with Crippen LogP contribution >= 0.6 is 0 Å². The molecule has 1 N–H and O–H groups in total. The molecule has 2 rings (SSSR count). The van der Waals surface area contributed by atoms with Crippen molar-refractivity contribution in [3.63, 3.8) is 0 Å². The molecule has 0 radical (unpaired) electrons. The maximum atomic E-state index is 5.21. The molecule has 1 aliphatic rings. The van der Waals surface area contributed by atoms with Gasteiger partial charge in [0.1, 0.15) is 6.26 Å². The Labute approximate surface area is 72.2 Å². The molecule has 66 valence electrons. The Balaban J connectivity index is 1.79. The van der Waals surface area contributed by atoms with Gasteiger partial charge in [-0.15, -0.1) is 0 Å². The summed E-state index contributed by atoms with van der Waals surface area (Å²) in [5, 5.41) is 3.39. The summed E-state index contributed by atoms with van der Waals surface area (Å²) < 4.78 is 5.21. The normalized spacial score (nSPS) is 17.8. The fourth-order valence-corrected chi connectivity index (χ4v) is 1.33. The molecule has 1 heterocycles. The number of hydrogen-bond acceptors (Lipinski definition) is 3. The molecule has 3 nitrogen and oxygen atoms in total. The minimum Gasteiger partial charge on any atom is -0.447 e. The molecule has 0 aromatic carbocycles. The molecule has 0 aliphatic heterocycles. The molecule has 0 atom stereocenters. The number of aryl methyl sites for hydroxylation is 1. The van der Waals surface area contributed by atoms with Gasteiger partial charge in [0.05, 0.1) is 12.2 Å². The third-order valence-electron chi connectivity index (χ3n) is 2.31. The lowest BCUT2D eigenvalue weighted by Gasteiger charge is -2.25. The fourth-order valence-electron chi connectivity index (χ4n) is 1.33. The fraction of sp³-hybridized carbons (Fsp3) is 0.667. The molecule has 0 spiro atoms. The van der Waals surface area contributed by atoms with Crippen LogP contribution in [0, 0.1) is 6.92 Å². The summed E-state index contributed by atoms with van der Waals surface area (Å²) in [5.41, 5.74) is 0.959. The minimum absolute atomic E-state index is 0.706. The standard InChI is InChI=1S/C9H14N2O/c1-7-6-12-9(11-7)5-10-8-3-2-4-8/h6,8,10H,2-5H2,1H3. The second kappa shape index (κ2) is 3.27. The first-order valence-corrected chi connectivity index (χ1v) is 4.49. The quantitative estimate of drug-likeness (QED) is 0.741. The first kappa shape index (κ1) is 7.80. The lowest BCUT2D eigenvalue weighted by Crippen LogP contribution is -2.34. The second-order valence-electron chi connectivity index (χ2n) is 3.39. The van der Waals surface area contributed by atoms with E-state index in [9.17, 15) is 0 Å². The van der Waals surface area contributed by atoms with Gasteiger partial charge in [0.2, 0.25) is 5.89 Å². The average molecular weight is 166 g/mol. The first-order chi connectivity index (χ1) is 5.84. The van der Waals surface area contributed by atoms with Gasteiger partial charge in [0.25, 0.3) is 0 Å². The van der Waals surface area contributed by atoms with Gasteiger partial charge >= 0.3 is 0 Å². The summed E-state index contributed by atoms with van der Waals surface area (Å²) in [4.78, 5) is 4.21. The van der Waals surface area contributed by atoms with Gasteiger partial charge in [-0.3, -0.25) is 0 Å². The third kappa shape index (κ3) is 1.67. The Morgan fingerprint density at radius 1 is 1.67 bits per heavy atom. The minimum atomic E-state index is 0.706. The summed E-state index contributed by atoms with van der Waals surface area (Å²) in [6.45, 7) is 2.72. The molecule has 0 unspecified atom stereocenters. The van der Waals surface area contributed by atoms with Crippen molar-refractivity contribution in [3.8, 4) is 0 Å². The van der Waals surface area contributed by atoms with Crippen molar-refractivity contribution >= 4 is 0 Å². The van der Waals surface area contributed by atoms with Crippen molar-refractivity contribution in [2.75, 3.05) is 0 Å². The van der Waals surface area contributed by atoms with Crippen molar-refractivity contribution in [3.05, 3.63) is 17.8 Å². The van der Waals surface area contributed by atoms with E-state index < -0.39 is 0 Å². The lowest BCUT2D eigenvalue weighted by molar-refractivity contribution is 0.322. The Bertz CT molecular complexity index is 253. The molecule has 0 bridgehead atoms. The monoisotopic (exact) mass is 166 g/mol. The first-order valence-electron chi connectivity index (χ1n) is 4.49. The van der Waals surface area contributed by atoms with E-state index in [0.29, 0.717) is 6.04 Å². The summed E-state index contributed by atoms with van der Waals surface area (Å²) in [5.74, 6) is 0.805. The molecule has 0 amide bonds. The Morgan fingerprint density at radius 3 is 3.00 bits per heavy atom. The van der Waals surface area contributed by atoms with Crippen LogP contribution in [0.15, 0.2) is 10.7 Å². The van der Waals surface area contributed by atoms with Crippen LogP contribution in [-0.4, -0.2) is 11.0 Å². The van der Waals surface area contributed by atoms with Crippen LogP contribution in [0.1, 0.15) is 30.8 Å². The molecule has 1 aliphatic carbocycles. The van der Waals surface area contributed by atoms with Crippen LogP contribution in [0.3, 0.4) is 0 Å². The molecule has 1 aromatic heterocycles. The van der Waals surface area contributed by atoms with E-state index in [0.717, 1.165) is 18.1 Å². The SMILES string of the molecule is Cc1coc(CNC2CCC2)n1. The van der Waals surface area contributed by atoms with Crippen LogP contribution in [0.2, 0.25) is 0 Å². The van der Waals surface area contributed by atoms with Crippen molar-refractivity contribution in [1.82, 2.24) is 10.3 Å². The number of aromatic nitrogens is 1. The average Bonchev–Trinajstić information content (AvgIpc) is 2.32. The summed E-state index contributed by atoms with van der Waals surface area (Å²) >= 11 is 0. The van der Waals surface area contributed by atoms with Gasteiger partial charge < -0.3 is 9.73 Å². The third-order valence-corrected chi connectivity index (χ3v) is 2.31. The van der Waals surface area contributed by atoms with Gasteiger partial charge in [0.15, 0.2) is 0 Å². The maximum absolute atomic E-state index is 5.21. The predicted octanol–water partition coefficient (Wildman–Crippen LogP) is 1.63. The zero-order valence-corrected chi connectivity index (χ0v) is 7.34. The van der Waals surface area contributed by atoms with E-state index in [1.54, 1.807) is 6.26 Å². The highest BCUT2D eigenvalue weighted by molar-refractivity contribution is 4.93. The van der Waals surface area contributed by atoms with Crippen LogP contribution in [0.25, 0.3) is 0 Å². The van der Waals surface area contributed by atoms with Crippen molar-refractivity contribution in [2.45, 2.75) is 38.8 Å². The van der Waals surface area contributed by atoms with Crippen LogP contribution in [0.5, 0.6) is 0 Å². The van der Waals surface area contributed by atoms with Gasteiger partial charge in [-0.2, -0.15) is 0 Å². The van der Waals surface area contributed by atoms with E-state index in [2.05, 4.69) is 10.3 Å². The zero-order chi connectivity index (χ0) is 8.39. The van der Waals surface area contributed by atoms with Crippen molar-refractivity contribution in [1.29, 1.82) is 0 Å². The molecule has 1 fully saturated rings. The van der Waals surface area contributed by atoms with Crippen LogP contribution < -0.4 is 5.32 Å². The molecule has 1 aromatic rings. The van der Waals surface area contributed by atoms with Crippen LogP contribution in [0.4, 0.5) is 0 Å². The van der Waals surface area contributed by atoms with Gasteiger partial charge in [-0.25, -0.2) is 4.98 Å². The summed E-state index contributed by atoms with van der Waals surface area (Å²) in [7, 11) is 0. The van der Waals surface area contributed by atoms with E-state index in [-0.39, 0.29) is 0 Å². The number of oxazole rings is 1. The van der Waals surface area contributed by atoms with Crippen LogP contribution in [-0.2, 0) is 6.54 Å². The number of nitrogens with one attached hydrogen (secondary N) is 1.